The second-order valence-electron chi connectivity index (χ2n) is 17.1. The van der Waals surface area contributed by atoms with Crippen LogP contribution in [0.25, 0.3) is 5.00 Å². The number of nitrogens with zero attached hydrogens (tertiary/aromatic N) is 7. The van der Waals surface area contributed by atoms with Gasteiger partial charge in [-0.05, 0) is 82.8 Å². The van der Waals surface area contributed by atoms with Crippen molar-refractivity contribution in [3.8, 4) is 10.8 Å². The van der Waals surface area contributed by atoms with Crippen LogP contribution in [-0.4, -0.2) is 135 Å². The summed E-state index contributed by atoms with van der Waals surface area (Å²) < 4.78 is 7.69. The number of hydrogen-bond acceptors (Lipinski definition) is 13. The second kappa shape index (κ2) is 20.7. The van der Waals surface area contributed by atoms with Gasteiger partial charge in [0.15, 0.2) is 12.4 Å². The molecule has 67 heavy (non-hydrogen) atoms. The van der Waals surface area contributed by atoms with Gasteiger partial charge in [0.25, 0.3) is 17.7 Å². The molecule has 3 N–H and O–H groups in total. The number of aryl methyl sites for hydroxylation is 2. The molecule has 2 fully saturated rings. The first-order chi connectivity index (χ1) is 32.3. The van der Waals surface area contributed by atoms with Gasteiger partial charge in [-0.25, -0.2) is 0 Å². The van der Waals surface area contributed by atoms with Gasteiger partial charge in [0.1, 0.15) is 28.7 Å². The number of nitrogens with one attached hydrogen (secondary N) is 3. The second-order valence-corrected chi connectivity index (χ2v) is 18.7. The number of halogens is 1. The summed E-state index contributed by atoms with van der Waals surface area (Å²) >= 11 is 7.91. The number of aliphatic imine (C=N–C) groups is 1. The molecular formula is C47H53ClN10O8S. The molecule has 4 aliphatic heterocycles. The first-order valence-electron chi connectivity index (χ1n) is 22.7. The topological polar surface area (TPSA) is 218 Å². The number of aromatic nitrogens is 3. The number of piperazine rings is 1. The van der Waals surface area contributed by atoms with E-state index in [2.05, 4.69) is 44.9 Å². The number of hydrogen-bond donors (Lipinski definition) is 3. The number of piperidine rings is 1. The number of ether oxygens (including phenoxy) is 1. The standard InChI is InChI=1S/C47H53ClN10O8S/c1-27-28(2)67-47-40(27)42(30-12-14-31(48)15-13-30)51-33(43-54-53-29(3)57(43)47)25-37(60)49-19-8-20-55-21-23-56(24-22-55)39(62)11-5-4-6-18-50-38(61)26-66-35-10-7-9-32-41(35)46(65)58(45(32)64)34-16-17-36(59)52-44(34)63/h7,9-10,12-15,33-34H,4-6,8,11,16-26H2,1-3H3,(H,49,60)(H,50,61)(H,52,59,63)/t33-,34?/m1/s1. The number of unbranched alkanes of at least 4 members (excludes halogenated alkanes) is 2. The molecule has 0 saturated carbocycles. The molecule has 4 aliphatic rings. The van der Waals surface area contributed by atoms with Crippen molar-refractivity contribution in [2.75, 3.05) is 52.4 Å². The fourth-order valence-corrected chi connectivity index (χ4v) is 10.2. The first-order valence-corrected chi connectivity index (χ1v) is 23.9. The number of carbonyl (C=O) groups is 7. The number of rotatable bonds is 17. The monoisotopic (exact) mass is 952 g/mol. The van der Waals surface area contributed by atoms with Crippen LogP contribution >= 0.6 is 22.9 Å². The van der Waals surface area contributed by atoms with Gasteiger partial charge in [-0.2, -0.15) is 0 Å². The lowest BCUT2D eigenvalue weighted by molar-refractivity contribution is -0.136. The molecule has 2 saturated heterocycles. The van der Waals surface area contributed by atoms with Crippen LogP contribution in [0.4, 0.5) is 0 Å². The number of amides is 7. The maximum atomic E-state index is 13.4. The molecule has 0 radical (unpaired) electrons. The fourth-order valence-electron chi connectivity index (χ4n) is 8.89. The molecule has 0 spiro atoms. The number of carbonyl (C=O) groups excluding carboxylic acids is 7. The molecule has 18 nitrogen and oxygen atoms in total. The lowest BCUT2D eigenvalue weighted by Gasteiger charge is -2.34. The van der Waals surface area contributed by atoms with Crippen molar-refractivity contribution < 1.29 is 38.3 Å². The van der Waals surface area contributed by atoms with Crippen molar-refractivity contribution in [1.29, 1.82) is 0 Å². The summed E-state index contributed by atoms with van der Waals surface area (Å²) in [6, 6.07) is 10.4. The van der Waals surface area contributed by atoms with Crippen molar-refractivity contribution in [3.63, 3.8) is 0 Å². The third-order valence-electron chi connectivity index (χ3n) is 12.6. The smallest absolute Gasteiger partial charge is 0.266 e. The zero-order valence-electron chi connectivity index (χ0n) is 37.7. The van der Waals surface area contributed by atoms with E-state index < -0.39 is 41.6 Å². The van der Waals surface area contributed by atoms with Gasteiger partial charge in [0.2, 0.25) is 23.6 Å². The highest BCUT2D eigenvalue weighted by Gasteiger charge is 2.46. The highest BCUT2D eigenvalue weighted by atomic mass is 35.5. The summed E-state index contributed by atoms with van der Waals surface area (Å²) in [6.07, 6.45) is 3.42. The average Bonchev–Trinajstić information content (AvgIpc) is 3.89. The molecular weight excluding hydrogens is 900 g/mol. The van der Waals surface area contributed by atoms with Crippen LogP contribution in [0.1, 0.15) is 111 Å². The van der Waals surface area contributed by atoms with Crippen LogP contribution < -0.4 is 20.7 Å². The van der Waals surface area contributed by atoms with E-state index in [1.807, 2.05) is 40.7 Å². The fraction of sp³-hybridized carbons (Fsp3) is 0.447. The van der Waals surface area contributed by atoms with Crippen molar-refractivity contribution in [2.45, 2.75) is 84.2 Å². The average molecular weight is 954 g/mol. The van der Waals surface area contributed by atoms with Gasteiger partial charge in [-0.1, -0.05) is 36.2 Å². The largest absolute Gasteiger partial charge is 0.483 e. The van der Waals surface area contributed by atoms with Crippen molar-refractivity contribution in [2.24, 2.45) is 4.99 Å². The van der Waals surface area contributed by atoms with E-state index in [9.17, 15) is 33.6 Å². The Balaban J connectivity index is 0.710. The molecule has 4 aromatic rings. The SMILES string of the molecule is Cc1sc2c(c1C)C(c1ccc(Cl)cc1)=N[C@H](CC(=O)NCCCN1CCN(C(=O)CCCCCNC(=O)COc3cccc4c3C(=O)N(C3CCC(=O)NC3=O)C4=O)CC1)c1nnc(C)n1-2. The zero-order valence-corrected chi connectivity index (χ0v) is 39.3. The molecule has 2 aromatic carbocycles. The summed E-state index contributed by atoms with van der Waals surface area (Å²) in [5.41, 5.74) is 3.91. The lowest BCUT2D eigenvalue weighted by Crippen LogP contribution is -2.54. The number of fused-ring (bicyclic) bond motifs is 4. The van der Waals surface area contributed by atoms with Crippen LogP contribution in [0.3, 0.4) is 0 Å². The normalized spacial score (nSPS) is 18.2. The van der Waals surface area contributed by atoms with Gasteiger partial charge in [0.05, 0.1) is 23.3 Å². The Morgan fingerprint density at radius 1 is 0.866 bits per heavy atom. The Morgan fingerprint density at radius 3 is 2.37 bits per heavy atom. The van der Waals surface area contributed by atoms with Gasteiger partial charge in [-0.15, -0.1) is 21.5 Å². The first kappa shape index (κ1) is 47.2. The summed E-state index contributed by atoms with van der Waals surface area (Å²) in [7, 11) is 0. The van der Waals surface area contributed by atoms with E-state index in [4.69, 9.17) is 21.3 Å². The Hall–Kier alpha value is -6.31. The minimum atomic E-state index is -1.11. The molecule has 20 heteroatoms. The molecule has 6 heterocycles. The summed E-state index contributed by atoms with van der Waals surface area (Å²) in [4.78, 5) is 101. The van der Waals surface area contributed by atoms with Crippen LogP contribution in [0.15, 0.2) is 47.5 Å². The van der Waals surface area contributed by atoms with E-state index in [0.29, 0.717) is 56.3 Å². The molecule has 8 rings (SSSR count). The lowest BCUT2D eigenvalue weighted by atomic mass is 9.99. The van der Waals surface area contributed by atoms with E-state index >= 15 is 0 Å². The highest BCUT2D eigenvalue weighted by molar-refractivity contribution is 7.15. The Bertz CT molecular complexity index is 2640. The number of benzene rings is 2. The molecule has 2 atom stereocenters. The van der Waals surface area contributed by atoms with Crippen LogP contribution in [-0.2, 0) is 24.0 Å². The third-order valence-corrected chi connectivity index (χ3v) is 14.1. The predicted molar refractivity (Wildman–Crippen MR) is 249 cm³/mol. The quantitative estimate of drug-likeness (QED) is 0.102. The maximum absolute atomic E-state index is 13.4. The Labute approximate surface area is 396 Å². The van der Waals surface area contributed by atoms with Crippen LogP contribution in [0.5, 0.6) is 5.75 Å². The molecule has 352 valence electrons. The van der Waals surface area contributed by atoms with Crippen LogP contribution in [0.2, 0.25) is 5.02 Å². The van der Waals surface area contributed by atoms with Gasteiger partial charge < -0.3 is 20.3 Å². The van der Waals surface area contributed by atoms with Crippen molar-refractivity contribution >= 4 is 70.0 Å². The van der Waals surface area contributed by atoms with E-state index in [1.165, 1.54) is 23.1 Å². The molecule has 7 amide bonds. The minimum absolute atomic E-state index is 0.00671. The maximum Gasteiger partial charge on any atom is 0.266 e. The van der Waals surface area contributed by atoms with Crippen LogP contribution in [0, 0.1) is 20.8 Å². The van der Waals surface area contributed by atoms with E-state index in [0.717, 1.165) is 70.6 Å². The van der Waals surface area contributed by atoms with Crippen molar-refractivity contribution in [3.05, 3.63) is 91.8 Å². The Kier molecular flexibility index (Phi) is 14.6. The molecule has 2 aromatic heterocycles. The van der Waals surface area contributed by atoms with Crippen molar-refractivity contribution in [1.82, 2.24) is 45.4 Å². The number of thiophene rings is 1. The summed E-state index contributed by atoms with van der Waals surface area (Å²) in [5.74, 6) is -1.54. The summed E-state index contributed by atoms with van der Waals surface area (Å²) in [6.45, 7) is 10.2. The summed E-state index contributed by atoms with van der Waals surface area (Å²) in [5, 5.41) is 18.6. The van der Waals surface area contributed by atoms with Gasteiger partial charge in [0, 0.05) is 73.1 Å². The number of imide groups is 2. The van der Waals surface area contributed by atoms with Gasteiger partial charge in [-0.3, -0.25) is 58.2 Å². The Morgan fingerprint density at radius 2 is 1.61 bits per heavy atom. The highest BCUT2D eigenvalue weighted by Crippen LogP contribution is 2.40. The zero-order chi connectivity index (χ0) is 47.4. The molecule has 0 aliphatic carbocycles. The predicted octanol–water partition coefficient (Wildman–Crippen LogP) is 4.00. The minimum Gasteiger partial charge on any atom is -0.483 e. The third kappa shape index (κ3) is 10.3. The van der Waals surface area contributed by atoms with E-state index in [1.54, 1.807) is 11.3 Å². The molecule has 0 bridgehead atoms. The van der Waals surface area contributed by atoms with E-state index in [-0.39, 0.29) is 54.6 Å². The van der Waals surface area contributed by atoms with Gasteiger partial charge >= 0.3 is 0 Å². The molecule has 1 unspecified atom stereocenters.